The van der Waals surface area contributed by atoms with E-state index in [2.05, 4.69) is 15.6 Å². The number of nitrogens with zero attached hydrogens (tertiary/aromatic N) is 1. The summed E-state index contributed by atoms with van der Waals surface area (Å²) in [4.78, 5) is 44.8. The van der Waals surface area contributed by atoms with Crippen molar-refractivity contribution in [2.24, 2.45) is 5.41 Å². The number of anilines is 2. The summed E-state index contributed by atoms with van der Waals surface area (Å²) in [6, 6.07) is 8.73. The maximum atomic E-state index is 13.1. The van der Waals surface area contributed by atoms with Crippen LogP contribution >= 0.6 is 11.3 Å². The molecule has 0 aliphatic heterocycles. The van der Waals surface area contributed by atoms with Crippen molar-refractivity contribution in [3.63, 3.8) is 0 Å². The van der Waals surface area contributed by atoms with Crippen LogP contribution in [0.2, 0.25) is 0 Å². The fourth-order valence-electron chi connectivity index (χ4n) is 3.81. The number of rotatable bonds is 10. The molecule has 0 saturated heterocycles. The number of carbonyl (C=O) groups excluding carboxylic acids is 3. The highest BCUT2D eigenvalue weighted by molar-refractivity contribution is 7.14. The maximum Gasteiger partial charge on any atom is 0.266 e. The Morgan fingerprint density at radius 2 is 1.81 bits per heavy atom. The molecule has 3 aromatic rings. The Morgan fingerprint density at radius 3 is 2.43 bits per heavy atom. The average Bonchev–Trinajstić information content (AvgIpc) is 3.46. The Morgan fingerprint density at radius 1 is 1.11 bits per heavy atom. The molecule has 3 amide bonds. The van der Waals surface area contributed by atoms with E-state index in [4.69, 9.17) is 10.8 Å². The van der Waals surface area contributed by atoms with Crippen LogP contribution in [0.3, 0.4) is 0 Å². The van der Waals surface area contributed by atoms with Crippen molar-refractivity contribution >= 4 is 63.9 Å². The van der Waals surface area contributed by atoms with Crippen LogP contribution in [0.1, 0.15) is 71.4 Å². The number of benzene rings is 1. The molecule has 3 rings (SSSR count). The lowest BCUT2D eigenvalue weighted by Crippen LogP contribution is -2.29. The summed E-state index contributed by atoms with van der Waals surface area (Å²) in [5.41, 5.74) is 1.46. The van der Waals surface area contributed by atoms with Gasteiger partial charge in [0.05, 0.1) is 16.4 Å². The highest BCUT2D eigenvalue weighted by Gasteiger charge is 2.24. The standard InChI is InChI=1S/C27H34N6O3S/c1-6-11-30-26(36)23-18-8-7-17(33(5)22(34)13-27(2,3)4)12-19(18)31-24(23)32-25(35)21-10-9-20(37-21)16(14-28)15-29/h7-10,12,14-16,28-29,31H,6,11,13H2,1-5H3,(H,30,36)(H,32,35). The second-order valence-electron chi connectivity index (χ2n) is 10.1. The van der Waals surface area contributed by atoms with Gasteiger partial charge in [-0.3, -0.25) is 14.4 Å². The Balaban J connectivity index is 1.97. The van der Waals surface area contributed by atoms with Gasteiger partial charge in [-0.05, 0) is 42.2 Å². The first-order valence-electron chi connectivity index (χ1n) is 12.1. The van der Waals surface area contributed by atoms with Gasteiger partial charge in [0.2, 0.25) is 5.91 Å². The molecule has 1 aromatic carbocycles. The van der Waals surface area contributed by atoms with Gasteiger partial charge in [0, 0.05) is 53.9 Å². The zero-order valence-electron chi connectivity index (χ0n) is 21.8. The van der Waals surface area contributed by atoms with Crippen LogP contribution < -0.4 is 15.5 Å². The normalized spacial score (nSPS) is 12.1. The van der Waals surface area contributed by atoms with E-state index >= 15 is 0 Å². The summed E-state index contributed by atoms with van der Waals surface area (Å²) >= 11 is 1.19. The van der Waals surface area contributed by atoms with E-state index in [9.17, 15) is 14.4 Å². The van der Waals surface area contributed by atoms with Gasteiger partial charge in [-0.15, -0.1) is 11.3 Å². The molecule has 0 spiro atoms. The monoisotopic (exact) mass is 522 g/mol. The van der Waals surface area contributed by atoms with Gasteiger partial charge in [0.25, 0.3) is 11.8 Å². The van der Waals surface area contributed by atoms with Crippen molar-refractivity contribution in [1.82, 2.24) is 10.3 Å². The molecule has 0 atom stereocenters. The molecule has 0 aliphatic rings. The molecule has 9 nitrogen and oxygen atoms in total. The van der Waals surface area contributed by atoms with Gasteiger partial charge >= 0.3 is 0 Å². The fourth-order valence-corrected chi connectivity index (χ4v) is 4.75. The van der Waals surface area contributed by atoms with Gasteiger partial charge in [-0.1, -0.05) is 27.7 Å². The van der Waals surface area contributed by atoms with Crippen molar-refractivity contribution in [2.45, 2.75) is 46.5 Å². The molecule has 5 N–H and O–H groups in total. The van der Waals surface area contributed by atoms with Crippen LogP contribution in [-0.4, -0.2) is 48.7 Å². The summed E-state index contributed by atoms with van der Waals surface area (Å²) in [5.74, 6) is -0.951. The predicted octanol–water partition coefficient (Wildman–Crippen LogP) is 5.40. The molecule has 0 radical (unpaired) electrons. The number of H-pyrrole nitrogens is 1. The third kappa shape index (κ3) is 6.51. The number of nitrogens with one attached hydrogen (secondary N) is 5. The molecule has 37 heavy (non-hydrogen) atoms. The topological polar surface area (TPSA) is 142 Å². The minimum atomic E-state index is -0.480. The van der Waals surface area contributed by atoms with Crippen molar-refractivity contribution in [3.8, 4) is 0 Å². The number of thiophene rings is 1. The number of hydrogen-bond donors (Lipinski definition) is 5. The first-order chi connectivity index (χ1) is 17.5. The molecular formula is C27H34N6O3S. The van der Waals surface area contributed by atoms with Crippen LogP contribution in [0, 0.1) is 16.2 Å². The quantitative estimate of drug-likeness (QED) is 0.227. The van der Waals surface area contributed by atoms with E-state index < -0.39 is 11.8 Å². The molecule has 196 valence electrons. The van der Waals surface area contributed by atoms with Crippen LogP contribution in [0.25, 0.3) is 10.9 Å². The lowest BCUT2D eigenvalue weighted by atomic mass is 9.91. The summed E-state index contributed by atoms with van der Waals surface area (Å²) in [5, 5.41) is 21.2. The van der Waals surface area contributed by atoms with E-state index in [0.29, 0.717) is 44.9 Å². The number of aromatic amines is 1. The molecule has 0 unspecified atom stereocenters. The zero-order chi connectivity index (χ0) is 27.3. The predicted molar refractivity (Wildman–Crippen MR) is 151 cm³/mol. The molecule has 0 bridgehead atoms. The van der Waals surface area contributed by atoms with E-state index in [1.807, 2.05) is 27.7 Å². The highest BCUT2D eigenvalue weighted by Crippen LogP contribution is 2.32. The van der Waals surface area contributed by atoms with Crippen LogP contribution in [0.5, 0.6) is 0 Å². The SMILES string of the molecule is CCCNC(=O)c1c(NC(=O)c2ccc(C(C=N)C=N)s2)[nH]c2cc(N(C)C(=O)CC(C)(C)C)ccc12. The molecule has 0 aliphatic carbocycles. The van der Waals surface area contributed by atoms with Crippen molar-refractivity contribution < 1.29 is 14.4 Å². The second kappa shape index (κ2) is 11.5. The van der Waals surface area contributed by atoms with Crippen molar-refractivity contribution in [2.75, 3.05) is 23.8 Å². The molecule has 2 aromatic heterocycles. The van der Waals surface area contributed by atoms with Crippen molar-refractivity contribution in [3.05, 3.63) is 45.6 Å². The van der Waals surface area contributed by atoms with Gasteiger partial charge in [-0.2, -0.15) is 0 Å². The van der Waals surface area contributed by atoms with E-state index in [1.54, 1.807) is 42.3 Å². The molecular weight excluding hydrogens is 488 g/mol. The molecule has 2 heterocycles. The lowest BCUT2D eigenvalue weighted by molar-refractivity contribution is -0.120. The number of aromatic nitrogens is 1. The number of carbonyl (C=O) groups is 3. The first kappa shape index (κ1) is 27.8. The largest absolute Gasteiger partial charge is 0.352 e. The average molecular weight is 523 g/mol. The zero-order valence-corrected chi connectivity index (χ0v) is 22.6. The van der Waals surface area contributed by atoms with Gasteiger partial charge in [0.15, 0.2) is 0 Å². The Kier molecular flexibility index (Phi) is 8.65. The Labute approximate surface area is 220 Å². The van der Waals surface area contributed by atoms with Crippen LogP contribution in [0.4, 0.5) is 11.5 Å². The number of hydrogen-bond acceptors (Lipinski definition) is 6. The molecule has 10 heteroatoms. The second-order valence-corrected chi connectivity index (χ2v) is 11.2. The fraction of sp³-hybridized carbons (Fsp3) is 0.370. The van der Waals surface area contributed by atoms with Crippen LogP contribution in [0.15, 0.2) is 30.3 Å². The maximum absolute atomic E-state index is 13.1. The van der Waals surface area contributed by atoms with Gasteiger partial charge in [0.1, 0.15) is 5.82 Å². The summed E-state index contributed by atoms with van der Waals surface area (Å²) < 4.78 is 0. The highest BCUT2D eigenvalue weighted by atomic mass is 32.1. The van der Waals surface area contributed by atoms with Gasteiger partial charge < -0.3 is 31.3 Å². The minimum absolute atomic E-state index is 0.0190. The Hall–Kier alpha value is -3.79. The summed E-state index contributed by atoms with van der Waals surface area (Å²) in [6.07, 6.45) is 3.45. The first-order valence-corrected chi connectivity index (χ1v) is 12.9. The Bertz CT molecular complexity index is 1330. The van der Waals surface area contributed by atoms with Crippen molar-refractivity contribution in [1.29, 1.82) is 10.8 Å². The smallest absolute Gasteiger partial charge is 0.266 e. The number of fused-ring (bicyclic) bond motifs is 1. The van der Waals surface area contributed by atoms with E-state index in [0.717, 1.165) is 18.9 Å². The van der Waals surface area contributed by atoms with Crippen LogP contribution in [-0.2, 0) is 4.79 Å². The molecule has 0 saturated carbocycles. The summed E-state index contributed by atoms with van der Waals surface area (Å²) in [7, 11) is 1.72. The molecule has 0 fully saturated rings. The minimum Gasteiger partial charge on any atom is -0.352 e. The van der Waals surface area contributed by atoms with E-state index in [-0.39, 0.29) is 23.0 Å². The van der Waals surface area contributed by atoms with Gasteiger partial charge in [-0.25, -0.2) is 0 Å². The number of amides is 3. The third-order valence-electron chi connectivity index (χ3n) is 5.76. The van der Waals surface area contributed by atoms with E-state index in [1.165, 1.54) is 11.3 Å². The lowest BCUT2D eigenvalue weighted by Gasteiger charge is -2.23. The summed E-state index contributed by atoms with van der Waals surface area (Å²) in [6.45, 7) is 8.48. The third-order valence-corrected chi connectivity index (χ3v) is 6.95.